The molecule has 0 unspecified atom stereocenters. The van der Waals surface area contributed by atoms with Gasteiger partial charge >= 0.3 is 6.18 Å². The first kappa shape index (κ1) is 17.4. The van der Waals surface area contributed by atoms with Crippen LogP contribution in [0.5, 0.6) is 0 Å². The van der Waals surface area contributed by atoms with E-state index in [2.05, 4.69) is 20.5 Å². The van der Waals surface area contributed by atoms with Crippen LogP contribution in [0, 0.1) is 11.2 Å². The van der Waals surface area contributed by atoms with E-state index in [1.165, 1.54) is 24.3 Å². The molecule has 0 aliphatic rings. The molecule has 0 spiro atoms. The van der Waals surface area contributed by atoms with Crippen LogP contribution in [0.3, 0.4) is 0 Å². The van der Waals surface area contributed by atoms with Gasteiger partial charge in [-0.3, -0.25) is 0 Å². The van der Waals surface area contributed by atoms with Crippen LogP contribution >= 0.6 is 0 Å². The number of benzene rings is 2. The minimum atomic E-state index is -4.79. The summed E-state index contributed by atoms with van der Waals surface area (Å²) in [7, 11) is 0. The fourth-order valence-corrected chi connectivity index (χ4v) is 2.40. The van der Waals surface area contributed by atoms with E-state index in [0.717, 1.165) is 18.3 Å². The molecule has 0 fully saturated rings. The highest BCUT2D eigenvalue weighted by molar-refractivity contribution is 5.80. The second-order valence-corrected chi connectivity index (χ2v) is 5.31. The highest BCUT2D eigenvalue weighted by atomic mass is 19.4. The third-order valence-electron chi connectivity index (χ3n) is 3.52. The zero-order valence-corrected chi connectivity index (χ0v) is 13.0. The van der Waals surface area contributed by atoms with E-state index in [9.17, 15) is 17.6 Å². The monoisotopic (exact) mass is 364 g/mol. The van der Waals surface area contributed by atoms with Gasteiger partial charge in [0.2, 0.25) is 11.9 Å². The lowest BCUT2D eigenvalue weighted by Gasteiger charge is -2.16. The van der Waals surface area contributed by atoms with E-state index in [4.69, 9.17) is 11.1 Å². The minimum absolute atomic E-state index is 0.0353. The Hall–Kier alpha value is -3.43. The molecule has 2 aromatic carbocycles. The zero-order valence-electron chi connectivity index (χ0n) is 13.0. The van der Waals surface area contributed by atoms with Gasteiger partial charge in [0.25, 0.3) is 0 Å². The molecule has 0 saturated carbocycles. The fourth-order valence-electron chi connectivity index (χ4n) is 2.40. The fraction of sp³-hybridized carbons (Fsp3) is 0.0625. The molecule has 0 amide bonds. The third-order valence-corrected chi connectivity index (χ3v) is 3.52. The van der Waals surface area contributed by atoms with Gasteiger partial charge in [0.15, 0.2) is 0 Å². The molecule has 1 aromatic heterocycles. The van der Waals surface area contributed by atoms with Gasteiger partial charge in [0.05, 0.1) is 5.56 Å². The second kappa shape index (κ2) is 6.47. The van der Waals surface area contributed by atoms with Gasteiger partial charge in [-0.15, -0.1) is 5.10 Å². The zero-order chi connectivity index (χ0) is 18.9. The van der Waals surface area contributed by atoms with Crippen molar-refractivity contribution in [1.82, 2.24) is 15.2 Å². The van der Waals surface area contributed by atoms with Crippen molar-refractivity contribution in [2.45, 2.75) is 6.18 Å². The van der Waals surface area contributed by atoms with Gasteiger partial charge in [-0.25, -0.2) is 9.49 Å². The first-order valence-corrected chi connectivity index (χ1v) is 7.24. The van der Waals surface area contributed by atoms with Crippen molar-refractivity contribution in [1.29, 1.82) is 5.41 Å². The van der Waals surface area contributed by atoms with Crippen LogP contribution in [-0.4, -0.2) is 21.4 Å². The number of alkyl halides is 3. The van der Waals surface area contributed by atoms with Crippen molar-refractivity contribution in [3.05, 3.63) is 53.3 Å². The van der Waals surface area contributed by atoms with Gasteiger partial charge < -0.3 is 16.5 Å². The molecule has 0 saturated heterocycles. The Morgan fingerprint density at radius 3 is 2.38 bits per heavy atom. The number of hydrogen-bond acceptors (Lipinski definition) is 5. The summed E-state index contributed by atoms with van der Waals surface area (Å²) < 4.78 is 55.0. The van der Waals surface area contributed by atoms with Crippen molar-refractivity contribution < 1.29 is 17.6 Å². The SMILES string of the molecule is N=Cc1ccc(-c2c(F)cc(Nc3n[nH]c(N)n3)cc2C(F)(F)F)cc1. The molecule has 1 heterocycles. The summed E-state index contributed by atoms with van der Waals surface area (Å²) in [5.74, 6) is -1.18. The Morgan fingerprint density at radius 2 is 1.85 bits per heavy atom. The summed E-state index contributed by atoms with van der Waals surface area (Å²) in [5.41, 5.74) is 3.99. The van der Waals surface area contributed by atoms with Crippen molar-refractivity contribution >= 4 is 23.8 Å². The largest absolute Gasteiger partial charge is 0.417 e. The molecule has 0 aliphatic heterocycles. The maximum Gasteiger partial charge on any atom is 0.417 e. The van der Waals surface area contributed by atoms with Gasteiger partial charge in [-0.2, -0.15) is 18.2 Å². The van der Waals surface area contributed by atoms with Crippen molar-refractivity contribution in [3.8, 4) is 11.1 Å². The van der Waals surface area contributed by atoms with Crippen LogP contribution < -0.4 is 11.1 Å². The molecule has 6 nitrogen and oxygen atoms in total. The Kier molecular flexibility index (Phi) is 4.33. The third kappa shape index (κ3) is 3.48. The number of aromatic nitrogens is 3. The van der Waals surface area contributed by atoms with Gasteiger partial charge in [-0.05, 0) is 23.3 Å². The minimum Gasteiger partial charge on any atom is -0.368 e. The average molecular weight is 364 g/mol. The van der Waals surface area contributed by atoms with Gasteiger partial charge in [0, 0.05) is 17.5 Å². The molecular weight excluding hydrogens is 352 g/mol. The first-order valence-electron chi connectivity index (χ1n) is 7.24. The smallest absolute Gasteiger partial charge is 0.368 e. The second-order valence-electron chi connectivity index (χ2n) is 5.31. The maximum absolute atomic E-state index is 14.6. The van der Waals surface area contributed by atoms with Gasteiger partial charge in [-0.1, -0.05) is 24.3 Å². The topological polar surface area (TPSA) is 103 Å². The molecule has 3 rings (SSSR count). The van der Waals surface area contributed by atoms with Crippen LogP contribution in [0.1, 0.15) is 11.1 Å². The highest BCUT2D eigenvalue weighted by Crippen LogP contribution is 2.40. The van der Waals surface area contributed by atoms with E-state index in [1.54, 1.807) is 0 Å². The standard InChI is InChI=1S/C16H12F4N6/c17-12-6-10(23-15-24-14(22)25-26-15)5-11(16(18,19)20)13(12)9-3-1-8(7-21)2-4-9/h1-7,21H,(H4,22,23,24,25,26). The number of nitrogens with one attached hydrogen (secondary N) is 3. The first-order chi connectivity index (χ1) is 12.3. The highest BCUT2D eigenvalue weighted by Gasteiger charge is 2.36. The summed E-state index contributed by atoms with van der Waals surface area (Å²) in [6.07, 6.45) is -3.74. The summed E-state index contributed by atoms with van der Waals surface area (Å²) in [6.45, 7) is 0. The Bertz CT molecular complexity index is 946. The quantitative estimate of drug-likeness (QED) is 0.416. The van der Waals surface area contributed by atoms with E-state index in [0.29, 0.717) is 5.56 Å². The van der Waals surface area contributed by atoms with E-state index in [-0.39, 0.29) is 23.1 Å². The van der Waals surface area contributed by atoms with E-state index in [1.807, 2.05) is 0 Å². The van der Waals surface area contributed by atoms with E-state index >= 15 is 0 Å². The van der Waals surface area contributed by atoms with Crippen LogP contribution in [0.2, 0.25) is 0 Å². The Balaban J connectivity index is 2.10. The lowest BCUT2D eigenvalue weighted by Crippen LogP contribution is -2.10. The number of halogens is 4. The number of anilines is 3. The molecular formula is C16H12F4N6. The predicted molar refractivity (Wildman–Crippen MR) is 88.8 cm³/mol. The number of rotatable bonds is 4. The number of H-pyrrole nitrogens is 1. The van der Waals surface area contributed by atoms with Crippen molar-refractivity contribution in [2.75, 3.05) is 11.1 Å². The maximum atomic E-state index is 14.6. The molecule has 5 N–H and O–H groups in total. The summed E-state index contributed by atoms with van der Waals surface area (Å²) in [4.78, 5) is 3.70. The Morgan fingerprint density at radius 1 is 1.15 bits per heavy atom. The van der Waals surface area contributed by atoms with Crippen LogP contribution in [0.15, 0.2) is 36.4 Å². The number of hydrogen-bond donors (Lipinski definition) is 4. The van der Waals surface area contributed by atoms with Crippen LogP contribution in [-0.2, 0) is 6.18 Å². The van der Waals surface area contributed by atoms with Gasteiger partial charge in [0.1, 0.15) is 5.82 Å². The lowest BCUT2D eigenvalue weighted by atomic mass is 9.97. The lowest BCUT2D eigenvalue weighted by molar-refractivity contribution is -0.137. The number of aromatic amines is 1. The molecule has 26 heavy (non-hydrogen) atoms. The number of nitrogens with zero attached hydrogens (tertiary/aromatic N) is 2. The number of nitrogens with two attached hydrogens (primary N) is 1. The van der Waals surface area contributed by atoms with Crippen molar-refractivity contribution in [3.63, 3.8) is 0 Å². The summed E-state index contributed by atoms with van der Waals surface area (Å²) in [6, 6.07) is 7.22. The molecule has 0 aliphatic carbocycles. The molecule has 3 aromatic rings. The summed E-state index contributed by atoms with van der Waals surface area (Å²) >= 11 is 0. The molecule has 0 bridgehead atoms. The van der Waals surface area contributed by atoms with Crippen LogP contribution in [0.25, 0.3) is 11.1 Å². The van der Waals surface area contributed by atoms with Crippen molar-refractivity contribution in [2.24, 2.45) is 0 Å². The predicted octanol–water partition coefficient (Wildman–Crippen LogP) is 3.95. The molecule has 10 heteroatoms. The average Bonchev–Trinajstić information content (AvgIpc) is 2.98. The molecule has 0 atom stereocenters. The molecule has 134 valence electrons. The van der Waals surface area contributed by atoms with E-state index < -0.39 is 23.1 Å². The Labute approximate surface area is 144 Å². The number of nitrogen functional groups attached to an aromatic ring is 1. The summed E-state index contributed by atoms with van der Waals surface area (Å²) in [5, 5.41) is 15.6. The van der Waals surface area contributed by atoms with Crippen LogP contribution in [0.4, 0.5) is 35.1 Å². The molecule has 0 radical (unpaired) electrons. The normalized spacial score (nSPS) is 11.4.